The van der Waals surface area contributed by atoms with Gasteiger partial charge in [-0.1, -0.05) is 18.2 Å². The third-order valence-electron chi connectivity index (χ3n) is 3.15. The van der Waals surface area contributed by atoms with Crippen molar-refractivity contribution in [3.8, 4) is 0 Å². The van der Waals surface area contributed by atoms with E-state index in [0.29, 0.717) is 12.1 Å². The van der Waals surface area contributed by atoms with Gasteiger partial charge in [0, 0.05) is 19.0 Å². The summed E-state index contributed by atoms with van der Waals surface area (Å²) in [6.07, 6.45) is 2.49. The van der Waals surface area contributed by atoms with Crippen LogP contribution in [-0.4, -0.2) is 19.1 Å². The number of methoxy groups -OCH3 is 1. The number of nitrogens with one attached hydrogen (secondary N) is 1. The molecule has 1 heterocycles. The molecule has 0 aliphatic heterocycles. The summed E-state index contributed by atoms with van der Waals surface area (Å²) in [5, 5.41) is 3.39. The van der Waals surface area contributed by atoms with Crippen LogP contribution in [0.4, 0.5) is 0 Å². The van der Waals surface area contributed by atoms with Crippen LogP contribution >= 0.6 is 0 Å². The molecule has 1 aromatic carbocycles. The Morgan fingerprint density at radius 3 is 2.80 bits per heavy atom. The molecule has 20 heavy (non-hydrogen) atoms. The fourth-order valence-electron chi connectivity index (χ4n) is 2.07. The summed E-state index contributed by atoms with van der Waals surface area (Å²) in [6.45, 7) is 2.70. The molecule has 1 unspecified atom stereocenters. The van der Waals surface area contributed by atoms with Crippen LogP contribution in [0.3, 0.4) is 0 Å². The molecule has 0 bridgehead atoms. The summed E-state index contributed by atoms with van der Waals surface area (Å²) in [6, 6.07) is 11.6. The molecule has 0 radical (unpaired) electrons. The Hall–Kier alpha value is -2.07. The predicted molar refractivity (Wildman–Crippen MR) is 76.5 cm³/mol. The van der Waals surface area contributed by atoms with Crippen LogP contribution in [-0.2, 0) is 17.7 Å². The van der Waals surface area contributed by atoms with Crippen molar-refractivity contribution in [2.24, 2.45) is 0 Å². The Labute approximate surface area is 118 Å². The summed E-state index contributed by atoms with van der Waals surface area (Å²) in [5.74, 6) is 0.646. The lowest BCUT2D eigenvalue weighted by Crippen LogP contribution is -2.28. The second-order valence-electron chi connectivity index (χ2n) is 4.71. The van der Waals surface area contributed by atoms with E-state index >= 15 is 0 Å². The first-order chi connectivity index (χ1) is 9.70. The first-order valence-electron chi connectivity index (χ1n) is 6.62. The van der Waals surface area contributed by atoms with Gasteiger partial charge >= 0.3 is 5.97 Å². The van der Waals surface area contributed by atoms with E-state index in [1.165, 1.54) is 7.11 Å². The van der Waals surface area contributed by atoms with E-state index in [9.17, 15) is 4.79 Å². The molecule has 0 saturated heterocycles. The highest BCUT2D eigenvalue weighted by Gasteiger charge is 2.12. The average Bonchev–Trinajstić information content (AvgIpc) is 2.97. The van der Waals surface area contributed by atoms with Crippen LogP contribution in [0.15, 0.2) is 47.1 Å². The number of esters is 1. The highest BCUT2D eigenvalue weighted by Crippen LogP contribution is 2.11. The Balaban J connectivity index is 1.95. The van der Waals surface area contributed by atoms with E-state index in [4.69, 9.17) is 9.15 Å². The van der Waals surface area contributed by atoms with Crippen LogP contribution in [0.25, 0.3) is 0 Å². The number of benzene rings is 1. The van der Waals surface area contributed by atoms with Gasteiger partial charge in [-0.2, -0.15) is 0 Å². The Bertz CT molecular complexity index is 549. The van der Waals surface area contributed by atoms with Crippen molar-refractivity contribution in [1.29, 1.82) is 0 Å². The summed E-state index contributed by atoms with van der Waals surface area (Å²) in [7, 11) is 1.39. The molecule has 4 nitrogen and oxygen atoms in total. The first kappa shape index (κ1) is 14.3. The van der Waals surface area contributed by atoms with E-state index in [-0.39, 0.29) is 12.0 Å². The van der Waals surface area contributed by atoms with E-state index in [1.807, 2.05) is 30.3 Å². The molecule has 0 spiro atoms. The summed E-state index contributed by atoms with van der Waals surface area (Å²) in [4.78, 5) is 11.7. The lowest BCUT2D eigenvalue weighted by Gasteiger charge is -2.14. The van der Waals surface area contributed by atoms with Gasteiger partial charge in [-0.05, 0) is 30.7 Å². The van der Waals surface area contributed by atoms with E-state index in [1.54, 1.807) is 12.3 Å². The van der Waals surface area contributed by atoms with Crippen LogP contribution < -0.4 is 5.32 Å². The number of hydrogen-bond acceptors (Lipinski definition) is 4. The maximum Gasteiger partial charge on any atom is 0.338 e. The maximum atomic E-state index is 11.7. The van der Waals surface area contributed by atoms with E-state index < -0.39 is 0 Å². The first-order valence-corrected chi connectivity index (χ1v) is 6.62. The molecule has 1 N–H and O–H groups in total. The van der Waals surface area contributed by atoms with Gasteiger partial charge in [0.2, 0.25) is 0 Å². The molecule has 0 fully saturated rings. The van der Waals surface area contributed by atoms with Crippen molar-refractivity contribution in [1.82, 2.24) is 5.32 Å². The monoisotopic (exact) mass is 273 g/mol. The lowest BCUT2D eigenvalue weighted by molar-refractivity contribution is 0.0599. The second-order valence-corrected chi connectivity index (χ2v) is 4.71. The minimum absolute atomic E-state index is 0.256. The Morgan fingerprint density at radius 2 is 2.10 bits per heavy atom. The quantitative estimate of drug-likeness (QED) is 0.822. The number of hydrogen-bond donors (Lipinski definition) is 1. The highest BCUT2D eigenvalue weighted by atomic mass is 16.5. The van der Waals surface area contributed by atoms with Crippen molar-refractivity contribution in [2.75, 3.05) is 7.11 Å². The van der Waals surface area contributed by atoms with Gasteiger partial charge in [-0.15, -0.1) is 0 Å². The minimum Gasteiger partial charge on any atom is -0.469 e. The number of ether oxygens (including phenoxy) is 1. The summed E-state index contributed by atoms with van der Waals surface area (Å²) in [5.41, 5.74) is 1.54. The van der Waals surface area contributed by atoms with Crippen LogP contribution in [0.1, 0.15) is 28.6 Å². The fraction of sp³-hybridized carbons (Fsp3) is 0.312. The number of carbonyl (C=O) groups is 1. The Kier molecular flexibility index (Phi) is 4.96. The molecule has 1 atom stereocenters. The lowest BCUT2D eigenvalue weighted by atomic mass is 10.1. The van der Waals surface area contributed by atoms with Gasteiger partial charge in [0.1, 0.15) is 5.76 Å². The van der Waals surface area contributed by atoms with Gasteiger partial charge in [-0.25, -0.2) is 4.79 Å². The van der Waals surface area contributed by atoms with Crippen LogP contribution in [0.2, 0.25) is 0 Å². The molecule has 1 aromatic heterocycles. The van der Waals surface area contributed by atoms with Gasteiger partial charge in [0.05, 0.1) is 18.9 Å². The van der Waals surface area contributed by atoms with Crippen molar-refractivity contribution >= 4 is 5.97 Å². The number of rotatable bonds is 6. The minimum atomic E-state index is -0.305. The molecule has 106 valence electrons. The van der Waals surface area contributed by atoms with Gasteiger partial charge in [0.15, 0.2) is 0 Å². The van der Waals surface area contributed by atoms with Crippen molar-refractivity contribution in [3.63, 3.8) is 0 Å². The molecule has 0 saturated carbocycles. The zero-order valence-corrected chi connectivity index (χ0v) is 11.8. The molecule has 0 aliphatic rings. The molecular formula is C16H19NO3. The van der Waals surface area contributed by atoms with E-state index in [0.717, 1.165) is 17.7 Å². The summed E-state index contributed by atoms with van der Waals surface area (Å²) >= 11 is 0. The fourth-order valence-corrected chi connectivity index (χ4v) is 2.07. The molecular weight excluding hydrogens is 254 g/mol. The molecule has 0 amide bonds. The molecule has 2 rings (SSSR count). The van der Waals surface area contributed by atoms with Crippen LogP contribution in [0, 0.1) is 0 Å². The predicted octanol–water partition coefficient (Wildman–Crippen LogP) is 2.79. The third kappa shape index (κ3) is 3.71. The zero-order chi connectivity index (χ0) is 14.4. The zero-order valence-electron chi connectivity index (χ0n) is 11.8. The topological polar surface area (TPSA) is 51.5 Å². The third-order valence-corrected chi connectivity index (χ3v) is 3.15. The Morgan fingerprint density at radius 1 is 1.30 bits per heavy atom. The van der Waals surface area contributed by atoms with Gasteiger partial charge < -0.3 is 14.5 Å². The molecule has 2 aromatic rings. The normalized spacial score (nSPS) is 12.1. The smallest absolute Gasteiger partial charge is 0.338 e. The van der Waals surface area contributed by atoms with Crippen molar-refractivity contribution in [2.45, 2.75) is 25.9 Å². The van der Waals surface area contributed by atoms with Crippen LogP contribution in [0.5, 0.6) is 0 Å². The van der Waals surface area contributed by atoms with Crippen molar-refractivity contribution < 1.29 is 13.9 Å². The highest BCUT2D eigenvalue weighted by molar-refractivity contribution is 5.90. The molecule has 4 heteroatoms. The average molecular weight is 273 g/mol. The second kappa shape index (κ2) is 6.91. The van der Waals surface area contributed by atoms with Gasteiger partial charge in [-0.3, -0.25) is 0 Å². The van der Waals surface area contributed by atoms with Gasteiger partial charge in [0.25, 0.3) is 0 Å². The maximum absolute atomic E-state index is 11.7. The standard InChI is InChI=1S/C16H19NO3/c1-12(10-14-7-5-9-20-14)17-11-13-6-3-4-8-15(13)16(18)19-2/h3-9,12,17H,10-11H2,1-2H3. The van der Waals surface area contributed by atoms with Crippen molar-refractivity contribution in [3.05, 3.63) is 59.5 Å². The summed E-state index contributed by atoms with van der Waals surface area (Å²) < 4.78 is 10.1. The number of carbonyl (C=O) groups excluding carboxylic acids is 1. The SMILES string of the molecule is COC(=O)c1ccccc1CNC(C)Cc1ccco1. The van der Waals surface area contributed by atoms with E-state index in [2.05, 4.69) is 12.2 Å². The molecule has 0 aliphatic carbocycles. The largest absolute Gasteiger partial charge is 0.469 e. The number of furan rings is 1.